The van der Waals surface area contributed by atoms with Crippen LogP contribution < -0.4 is 20.1 Å². The Kier molecular flexibility index (Phi) is 7.40. The first-order valence-electron chi connectivity index (χ1n) is 6.50. The molecule has 112 valence electrons. The largest absolute Gasteiger partial charge is 0.493 e. The minimum Gasteiger partial charge on any atom is -0.493 e. The molecule has 0 aliphatic heterocycles. The first kappa shape index (κ1) is 16.8. The van der Waals surface area contributed by atoms with Crippen LogP contribution in [0.25, 0.3) is 0 Å². The van der Waals surface area contributed by atoms with E-state index >= 15 is 0 Å². The number of halogens is 1. The molecule has 0 radical (unpaired) electrons. The molecule has 0 heterocycles. The van der Waals surface area contributed by atoms with Crippen molar-refractivity contribution >= 4 is 21.8 Å². The molecular formula is C14H21BrN2O3. The molecule has 2 N–H and O–H groups in total. The first-order valence-corrected chi connectivity index (χ1v) is 7.29. The summed E-state index contributed by atoms with van der Waals surface area (Å²) in [6.07, 6.45) is 0.475. The maximum Gasteiger partial charge on any atom is 0.221 e. The standard InChI is InChI=1S/C14H21BrN2O3/c1-4-17-13(18)5-6-16-9-10-7-11(15)14(20-3)12(8-10)19-2/h7-8,16H,4-6,9H2,1-3H3,(H,17,18). The summed E-state index contributed by atoms with van der Waals surface area (Å²) < 4.78 is 11.4. The van der Waals surface area contributed by atoms with Gasteiger partial charge in [0.1, 0.15) is 0 Å². The van der Waals surface area contributed by atoms with Crippen LogP contribution in [0, 0.1) is 0 Å². The molecule has 0 atom stereocenters. The van der Waals surface area contributed by atoms with Crippen LogP contribution in [0.15, 0.2) is 16.6 Å². The van der Waals surface area contributed by atoms with Crippen molar-refractivity contribution in [3.8, 4) is 11.5 Å². The van der Waals surface area contributed by atoms with Crippen LogP contribution >= 0.6 is 15.9 Å². The molecule has 0 spiro atoms. The molecule has 0 saturated heterocycles. The van der Waals surface area contributed by atoms with Crippen molar-refractivity contribution in [3.63, 3.8) is 0 Å². The fourth-order valence-corrected chi connectivity index (χ4v) is 2.44. The number of methoxy groups -OCH3 is 2. The van der Waals surface area contributed by atoms with Crippen molar-refractivity contribution in [2.24, 2.45) is 0 Å². The zero-order chi connectivity index (χ0) is 15.0. The molecule has 0 fully saturated rings. The van der Waals surface area contributed by atoms with Gasteiger partial charge >= 0.3 is 0 Å². The van der Waals surface area contributed by atoms with Gasteiger partial charge in [0.25, 0.3) is 0 Å². The van der Waals surface area contributed by atoms with E-state index in [2.05, 4.69) is 26.6 Å². The molecule has 1 rings (SSSR count). The molecule has 1 aromatic carbocycles. The van der Waals surface area contributed by atoms with E-state index in [9.17, 15) is 4.79 Å². The van der Waals surface area contributed by atoms with E-state index in [4.69, 9.17) is 9.47 Å². The molecule has 0 aliphatic rings. The predicted octanol–water partition coefficient (Wildman–Crippen LogP) is 2.08. The number of carbonyl (C=O) groups excluding carboxylic acids is 1. The SMILES string of the molecule is CCNC(=O)CCNCc1cc(Br)c(OC)c(OC)c1. The van der Waals surface area contributed by atoms with Gasteiger partial charge in [-0.1, -0.05) is 0 Å². The normalized spacial score (nSPS) is 10.2. The van der Waals surface area contributed by atoms with Gasteiger partial charge in [-0.3, -0.25) is 4.79 Å². The Labute approximate surface area is 128 Å². The highest BCUT2D eigenvalue weighted by Gasteiger charge is 2.10. The van der Waals surface area contributed by atoms with E-state index in [1.54, 1.807) is 14.2 Å². The third-order valence-corrected chi connectivity index (χ3v) is 3.31. The summed E-state index contributed by atoms with van der Waals surface area (Å²) in [7, 11) is 3.21. The van der Waals surface area contributed by atoms with Crippen molar-refractivity contribution in [1.82, 2.24) is 10.6 Å². The summed E-state index contributed by atoms with van der Waals surface area (Å²) in [6.45, 7) is 3.88. The monoisotopic (exact) mass is 344 g/mol. The highest BCUT2D eigenvalue weighted by atomic mass is 79.9. The third kappa shape index (κ3) is 5.02. The predicted molar refractivity (Wildman–Crippen MR) is 82.3 cm³/mol. The Bertz CT molecular complexity index is 452. The minimum atomic E-state index is 0.0634. The van der Waals surface area contributed by atoms with Crippen LogP contribution in [0.5, 0.6) is 11.5 Å². The van der Waals surface area contributed by atoms with Gasteiger partial charge in [-0.25, -0.2) is 0 Å². The molecule has 6 heteroatoms. The quantitative estimate of drug-likeness (QED) is 0.709. The smallest absolute Gasteiger partial charge is 0.221 e. The van der Waals surface area contributed by atoms with Crippen LogP contribution in [-0.4, -0.2) is 33.2 Å². The van der Waals surface area contributed by atoms with Crippen molar-refractivity contribution in [3.05, 3.63) is 22.2 Å². The van der Waals surface area contributed by atoms with E-state index in [0.29, 0.717) is 37.6 Å². The van der Waals surface area contributed by atoms with Gasteiger partial charge in [-0.2, -0.15) is 0 Å². The summed E-state index contributed by atoms with van der Waals surface area (Å²) in [4.78, 5) is 11.3. The molecule has 1 aromatic rings. The highest BCUT2D eigenvalue weighted by molar-refractivity contribution is 9.10. The maximum atomic E-state index is 11.3. The summed E-state index contributed by atoms with van der Waals surface area (Å²) in [5, 5.41) is 5.99. The summed E-state index contributed by atoms with van der Waals surface area (Å²) >= 11 is 3.45. The number of carbonyl (C=O) groups is 1. The second kappa shape index (κ2) is 8.81. The van der Waals surface area contributed by atoms with E-state index in [-0.39, 0.29) is 5.91 Å². The Morgan fingerprint density at radius 1 is 1.30 bits per heavy atom. The fraction of sp³-hybridized carbons (Fsp3) is 0.500. The van der Waals surface area contributed by atoms with E-state index in [1.165, 1.54) is 0 Å². The lowest BCUT2D eigenvalue weighted by molar-refractivity contribution is -0.120. The average Bonchev–Trinajstić information content (AvgIpc) is 2.43. The average molecular weight is 345 g/mol. The van der Waals surface area contributed by atoms with Gasteiger partial charge in [0.05, 0.1) is 18.7 Å². The number of hydrogen-bond acceptors (Lipinski definition) is 4. The van der Waals surface area contributed by atoms with E-state index < -0.39 is 0 Å². The molecular weight excluding hydrogens is 324 g/mol. The van der Waals surface area contributed by atoms with Crippen LogP contribution in [0.2, 0.25) is 0 Å². The number of benzene rings is 1. The third-order valence-electron chi connectivity index (χ3n) is 2.73. The lowest BCUT2D eigenvalue weighted by atomic mass is 10.2. The molecule has 0 aliphatic carbocycles. The Balaban J connectivity index is 2.52. The Morgan fingerprint density at radius 3 is 2.65 bits per heavy atom. The van der Waals surface area contributed by atoms with Crippen molar-refractivity contribution in [2.75, 3.05) is 27.3 Å². The summed E-state index contributed by atoms with van der Waals surface area (Å²) in [5.74, 6) is 1.43. The van der Waals surface area contributed by atoms with Crippen LogP contribution in [0.1, 0.15) is 18.9 Å². The maximum absolute atomic E-state index is 11.3. The lowest BCUT2D eigenvalue weighted by Crippen LogP contribution is -2.27. The molecule has 0 bridgehead atoms. The second-order valence-electron chi connectivity index (χ2n) is 4.19. The van der Waals surface area contributed by atoms with Crippen LogP contribution in [0.4, 0.5) is 0 Å². The van der Waals surface area contributed by atoms with Gasteiger partial charge in [-0.15, -0.1) is 0 Å². The van der Waals surface area contributed by atoms with Gasteiger partial charge < -0.3 is 20.1 Å². The molecule has 0 saturated carbocycles. The highest BCUT2D eigenvalue weighted by Crippen LogP contribution is 2.36. The Hall–Kier alpha value is -1.27. The number of amides is 1. The molecule has 20 heavy (non-hydrogen) atoms. The molecule has 0 aromatic heterocycles. The lowest BCUT2D eigenvalue weighted by Gasteiger charge is -2.12. The van der Waals surface area contributed by atoms with Crippen molar-refractivity contribution < 1.29 is 14.3 Å². The first-order chi connectivity index (χ1) is 9.62. The summed E-state index contributed by atoms with van der Waals surface area (Å²) in [5.41, 5.74) is 1.06. The topological polar surface area (TPSA) is 59.6 Å². The van der Waals surface area contributed by atoms with Crippen molar-refractivity contribution in [2.45, 2.75) is 19.9 Å². The van der Waals surface area contributed by atoms with Gasteiger partial charge in [0.15, 0.2) is 11.5 Å². The number of rotatable bonds is 8. The van der Waals surface area contributed by atoms with Gasteiger partial charge in [0, 0.05) is 26.1 Å². The summed E-state index contributed by atoms with van der Waals surface area (Å²) in [6, 6.07) is 3.89. The number of ether oxygens (including phenoxy) is 2. The molecule has 1 amide bonds. The fourth-order valence-electron chi connectivity index (χ4n) is 1.79. The number of hydrogen-bond donors (Lipinski definition) is 2. The zero-order valence-electron chi connectivity index (χ0n) is 12.1. The number of nitrogens with one attached hydrogen (secondary N) is 2. The Morgan fingerprint density at radius 2 is 2.05 bits per heavy atom. The van der Waals surface area contributed by atoms with Gasteiger partial charge in [-0.05, 0) is 40.5 Å². The van der Waals surface area contributed by atoms with E-state index in [1.807, 2.05) is 19.1 Å². The van der Waals surface area contributed by atoms with Crippen LogP contribution in [0.3, 0.4) is 0 Å². The minimum absolute atomic E-state index is 0.0634. The van der Waals surface area contributed by atoms with Crippen molar-refractivity contribution in [1.29, 1.82) is 0 Å². The molecule has 5 nitrogen and oxygen atoms in total. The van der Waals surface area contributed by atoms with Gasteiger partial charge in [0.2, 0.25) is 5.91 Å². The van der Waals surface area contributed by atoms with Crippen LogP contribution in [-0.2, 0) is 11.3 Å². The second-order valence-corrected chi connectivity index (χ2v) is 5.05. The van der Waals surface area contributed by atoms with E-state index in [0.717, 1.165) is 10.0 Å². The molecule has 0 unspecified atom stereocenters. The zero-order valence-corrected chi connectivity index (χ0v) is 13.7.